The Morgan fingerprint density at radius 2 is 2.35 bits per heavy atom. The van der Waals surface area contributed by atoms with Gasteiger partial charge in [-0.15, -0.1) is 0 Å². The van der Waals surface area contributed by atoms with E-state index in [2.05, 4.69) is 10.2 Å². The van der Waals surface area contributed by atoms with Gasteiger partial charge in [-0.25, -0.2) is 0 Å². The van der Waals surface area contributed by atoms with E-state index < -0.39 is 0 Å². The molecule has 0 bridgehead atoms. The van der Waals surface area contributed by atoms with Crippen LogP contribution in [0.1, 0.15) is 29.8 Å². The van der Waals surface area contributed by atoms with E-state index in [9.17, 15) is 4.79 Å². The summed E-state index contributed by atoms with van der Waals surface area (Å²) in [4.78, 5) is 13.8. The molecule has 2 rings (SSSR count). The molecule has 0 aromatic carbocycles. The largest absolute Gasteiger partial charge is 0.341 e. The number of aromatic amines is 1. The summed E-state index contributed by atoms with van der Waals surface area (Å²) in [5.41, 5.74) is 9.02. The number of carbonyl (C=O) groups is 1. The van der Waals surface area contributed by atoms with Gasteiger partial charge in [0.25, 0.3) is 0 Å². The molecule has 3 N–H and O–H groups in total. The average molecular weight is 236 g/mol. The number of hydrogen-bond donors (Lipinski definition) is 2. The number of nitrogens with two attached hydrogens (primary N) is 1. The van der Waals surface area contributed by atoms with Gasteiger partial charge in [-0.05, 0) is 32.3 Å². The van der Waals surface area contributed by atoms with Gasteiger partial charge in [-0.3, -0.25) is 9.89 Å². The predicted octanol–water partition coefficient (Wildman–Crippen LogP) is 0.519. The fraction of sp³-hybridized carbons (Fsp3) is 0.667. The van der Waals surface area contributed by atoms with Crippen molar-refractivity contribution in [1.29, 1.82) is 0 Å². The molecule has 1 atom stereocenters. The van der Waals surface area contributed by atoms with Crippen LogP contribution >= 0.6 is 0 Å². The summed E-state index contributed by atoms with van der Waals surface area (Å²) in [6, 6.07) is 0.163. The Morgan fingerprint density at radius 3 is 2.88 bits per heavy atom. The number of aryl methyl sites for hydroxylation is 2. The Morgan fingerprint density at radius 1 is 1.59 bits per heavy atom. The molecule has 1 amide bonds. The Balaban J connectivity index is 1.88. The maximum absolute atomic E-state index is 11.9. The van der Waals surface area contributed by atoms with Crippen LogP contribution < -0.4 is 5.73 Å². The van der Waals surface area contributed by atoms with E-state index in [0.29, 0.717) is 13.0 Å². The van der Waals surface area contributed by atoms with Crippen molar-refractivity contribution in [2.75, 3.05) is 13.1 Å². The van der Waals surface area contributed by atoms with Gasteiger partial charge in [0.15, 0.2) is 0 Å². The third-order valence-electron chi connectivity index (χ3n) is 3.45. The zero-order valence-corrected chi connectivity index (χ0v) is 10.5. The van der Waals surface area contributed by atoms with Gasteiger partial charge in [-0.1, -0.05) is 0 Å². The van der Waals surface area contributed by atoms with Gasteiger partial charge < -0.3 is 10.6 Å². The number of H-pyrrole nitrogens is 1. The van der Waals surface area contributed by atoms with E-state index in [1.54, 1.807) is 0 Å². The molecule has 1 aromatic heterocycles. The molecule has 94 valence electrons. The fourth-order valence-electron chi connectivity index (χ4n) is 2.35. The van der Waals surface area contributed by atoms with E-state index in [0.717, 1.165) is 30.8 Å². The van der Waals surface area contributed by atoms with Crippen LogP contribution in [0.25, 0.3) is 0 Å². The van der Waals surface area contributed by atoms with Crippen molar-refractivity contribution in [3.05, 3.63) is 17.0 Å². The summed E-state index contributed by atoms with van der Waals surface area (Å²) in [6.07, 6.45) is 2.24. The zero-order valence-electron chi connectivity index (χ0n) is 10.5. The summed E-state index contributed by atoms with van der Waals surface area (Å²) in [6.45, 7) is 5.48. The van der Waals surface area contributed by atoms with Crippen molar-refractivity contribution in [2.45, 2.75) is 39.2 Å². The van der Waals surface area contributed by atoms with Gasteiger partial charge in [0, 0.05) is 31.2 Å². The molecule has 2 heterocycles. The number of hydrogen-bond acceptors (Lipinski definition) is 3. The minimum atomic E-state index is 0.163. The highest BCUT2D eigenvalue weighted by molar-refractivity contribution is 5.76. The summed E-state index contributed by atoms with van der Waals surface area (Å²) >= 11 is 0. The molecule has 0 aliphatic carbocycles. The number of likely N-dealkylation sites (tertiary alicyclic amines) is 1. The van der Waals surface area contributed by atoms with Crippen molar-refractivity contribution in [3.8, 4) is 0 Å². The summed E-state index contributed by atoms with van der Waals surface area (Å²) in [5.74, 6) is 0.206. The summed E-state index contributed by atoms with van der Waals surface area (Å²) in [5, 5.41) is 7.08. The van der Waals surface area contributed by atoms with Crippen molar-refractivity contribution < 1.29 is 4.79 Å². The molecule has 1 aliphatic rings. The third kappa shape index (κ3) is 2.66. The van der Waals surface area contributed by atoms with Crippen molar-refractivity contribution >= 4 is 5.91 Å². The highest BCUT2D eigenvalue weighted by Gasteiger charge is 2.23. The molecule has 1 aliphatic heterocycles. The van der Waals surface area contributed by atoms with Crippen LogP contribution in [0.5, 0.6) is 0 Å². The van der Waals surface area contributed by atoms with E-state index in [-0.39, 0.29) is 11.9 Å². The van der Waals surface area contributed by atoms with Gasteiger partial charge in [0.1, 0.15) is 0 Å². The maximum atomic E-state index is 11.9. The quantitative estimate of drug-likeness (QED) is 0.803. The van der Waals surface area contributed by atoms with Crippen LogP contribution in [-0.4, -0.2) is 40.1 Å². The lowest BCUT2D eigenvalue weighted by Gasteiger charge is -2.15. The molecule has 1 unspecified atom stereocenters. The van der Waals surface area contributed by atoms with E-state index in [1.807, 2.05) is 18.7 Å². The number of aromatic nitrogens is 2. The monoisotopic (exact) mass is 236 g/mol. The normalized spacial score (nSPS) is 19.9. The molecule has 0 radical (unpaired) electrons. The van der Waals surface area contributed by atoms with Gasteiger partial charge >= 0.3 is 0 Å². The van der Waals surface area contributed by atoms with Gasteiger partial charge in [0.05, 0.1) is 5.69 Å². The second-order valence-electron chi connectivity index (χ2n) is 4.80. The molecule has 0 saturated carbocycles. The van der Waals surface area contributed by atoms with Crippen molar-refractivity contribution in [3.63, 3.8) is 0 Å². The van der Waals surface area contributed by atoms with Crippen molar-refractivity contribution in [1.82, 2.24) is 15.1 Å². The number of nitrogens with zero attached hydrogens (tertiary/aromatic N) is 2. The fourth-order valence-corrected chi connectivity index (χ4v) is 2.35. The Labute approximate surface area is 101 Å². The van der Waals surface area contributed by atoms with Crippen LogP contribution in [0.4, 0.5) is 0 Å². The third-order valence-corrected chi connectivity index (χ3v) is 3.45. The Bertz CT molecular complexity index is 393. The topological polar surface area (TPSA) is 75.0 Å². The molecule has 1 fully saturated rings. The Kier molecular flexibility index (Phi) is 3.47. The Hall–Kier alpha value is -1.36. The second-order valence-corrected chi connectivity index (χ2v) is 4.80. The minimum absolute atomic E-state index is 0.163. The molecular weight excluding hydrogens is 216 g/mol. The predicted molar refractivity (Wildman–Crippen MR) is 65.6 cm³/mol. The molecule has 5 heteroatoms. The van der Waals surface area contributed by atoms with Gasteiger partial charge in [0.2, 0.25) is 5.91 Å². The van der Waals surface area contributed by atoms with Crippen LogP contribution in [0.3, 0.4) is 0 Å². The maximum Gasteiger partial charge on any atom is 0.222 e. The number of amides is 1. The van der Waals surface area contributed by atoms with Crippen LogP contribution in [-0.2, 0) is 11.2 Å². The molecular formula is C12H20N4O. The number of rotatable bonds is 3. The van der Waals surface area contributed by atoms with Crippen LogP contribution in [0.15, 0.2) is 0 Å². The van der Waals surface area contributed by atoms with E-state index in [1.165, 1.54) is 5.56 Å². The van der Waals surface area contributed by atoms with Crippen LogP contribution in [0, 0.1) is 13.8 Å². The minimum Gasteiger partial charge on any atom is -0.341 e. The average Bonchev–Trinajstić information content (AvgIpc) is 2.84. The standard InChI is InChI=1S/C12H20N4O/c1-8-11(9(2)15-14-8)3-4-12(17)16-6-5-10(13)7-16/h10H,3-7,13H2,1-2H3,(H,14,15). The van der Waals surface area contributed by atoms with Crippen LogP contribution in [0.2, 0.25) is 0 Å². The summed E-state index contributed by atoms with van der Waals surface area (Å²) in [7, 11) is 0. The molecule has 0 spiro atoms. The lowest BCUT2D eigenvalue weighted by atomic mass is 10.1. The molecule has 1 aromatic rings. The molecule has 1 saturated heterocycles. The molecule has 5 nitrogen and oxygen atoms in total. The second kappa shape index (κ2) is 4.87. The number of nitrogens with one attached hydrogen (secondary N) is 1. The zero-order chi connectivity index (χ0) is 12.4. The first kappa shape index (κ1) is 12.1. The van der Waals surface area contributed by atoms with Crippen molar-refractivity contribution in [2.24, 2.45) is 5.73 Å². The molecule has 17 heavy (non-hydrogen) atoms. The SMILES string of the molecule is Cc1n[nH]c(C)c1CCC(=O)N1CCC(N)C1. The smallest absolute Gasteiger partial charge is 0.222 e. The number of carbonyl (C=O) groups excluding carboxylic acids is 1. The van der Waals surface area contributed by atoms with Gasteiger partial charge in [-0.2, -0.15) is 5.10 Å². The van der Waals surface area contributed by atoms with E-state index in [4.69, 9.17) is 5.73 Å². The van der Waals surface area contributed by atoms with E-state index >= 15 is 0 Å². The highest BCUT2D eigenvalue weighted by atomic mass is 16.2. The highest BCUT2D eigenvalue weighted by Crippen LogP contribution is 2.14. The lowest BCUT2D eigenvalue weighted by molar-refractivity contribution is -0.130. The summed E-state index contributed by atoms with van der Waals surface area (Å²) < 4.78 is 0. The first-order chi connectivity index (χ1) is 8.08. The lowest BCUT2D eigenvalue weighted by Crippen LogP contribution is -2.32. The first-order valence-electron chi connectivity index (χ1n) is 6.11. The first-order valence-corrected chi connectivity index (χ1v) is 6.11.